The minimum Gasteiger partial charge on any atom is -0.481 e. The molecule has 1 N–H and O–H groups in total. The molecule has 1 aromatic heterocycles. The lowest BCUT2D eigenvalue weighted by Crippen LogP contribution is -2.25. The van der Waals surface area contributed by atoms with Crippen LogP contribution in [0.1, 0.15) is 25.8 Å². The number of carbonyl (C=O) groups is 1. The number of para-hydroxylation sites is 1. The quantitative estimate of drug-likeness (QED) is 0.918. The summed E-state index contributed by atoms with van der Waals surface area (Å²) in [4.78, 5) is 11.6. The lowest BCUT2D eigenvalue weighted by Gasteiger charge is -2.13. The fraction of sp³-hybridized carbons (Fsp3) is 0.333. The summed E-state index contributed by atoms with van der Waals surface area (Å²) >= 11 is 0. The average Bonchev–Trinajstić information content (AvgIpc) is 2.77. The molecule has 1 fully saturated rings. The summed E-state index contributed by atoms with van der Waals surface area (Å²) in [6, 6.07) is 9.70. The van der Waals surface area contributed by atoms with Crippen molar-refractivity contribution in [1.82, 2.24) is 9.78 Å². The maximum Gasteiger partial charge on any atom is 0.314 e. The predicted molar refractivity (Wildman–Crippen MR) is 71.3 cm³/mol. The summed E-state index contributed by atoms with van der Waals surface area (Å²) in [6.07, 6.45) is 4.17. The van der Waals surface area contributed by atoms with E-state index in [1.54, 1.807) is 10.9 Å². The van der Waals surface area contributed by atoms with Crippen molar-refractivity contribution in [3.05, 3.63) is 48.3 Å². The second kappa shape index (κ2) is 3.70. The zero-order valence-corrected chi connectivity index (χ0v) is 11.0. The zero-order valence-electron chi connectivity index (χ0n) is 11.0. The molecule has 0 saturated heterocycles. The molecule has 0 bridgehead atoms. The van der Waals surface area contributed by atoms with E-state index in [4.69, 9.17) is 0 Å². The molecule has 1 aliphatic rings. The third-order valence-electron chi connectivity index (χ3n) is 4.20. The van der Waals surface area contributed by atoms with E-state index in [1.165, 1.54) is 0 Å². The Morgan fingerprint density at radius 2 is 1.95 bits per heavy atom. The smallest absolute Gasteiger partial charge is 0.314 e. The van der Waals surface area contributed by atoms with Gasteiger partial charge >= 0.3 is 5.97 Å². The van der Waals surface area contributed by atoms with E-state index < -0.39 is 11.4 Å². The third-order valence-corrected chi connectivity index (χ3v) is 4.20. The summed E-state index contributed by atoms with van der Waals surface area (Å²) < 4.78 is 1.73. The molecule has 2 aromatic rings. The average molecular weight is 256 g/mol. The molecule has 4 heteroatoms. The minimum atomic E-state index is -0.778. The van der Waals surface area contributed by atoms with Crippen molar-refractivity contribution < 1.29 is 9.90 Å². The second-order valence-corrected chi connectivity index (χ2v) is 5.78. The van der Waals surface area contributed by atoms with E-state index in [0.717, 1.165) is 11.3 Å². The molecule has 0 aliphatic heterocycles. The predicted octanol–water partition coefficient (Wildman–Crippen LogP) is 2.62. The van der Waals surface area contributed by atoms with Crippen LogP contribution in [-0.4, -0.2) is 20.9 Å². The van der Waals surface area contributed by atoms with E-state index in [0.29, 0.717) is 6.42 Å². The maximum atomic E-state index is 11.6. The molecule has 0 radical (unpaired) electrons. The van der Waals surface area contributed by atoms with Gasteiger partial charge in [0.25, 0.3) is 0 Å². The molecule has 19 heavy (non-hydrogen) atoms. The molecule has 1 aromatic carbocycles. The summed E-state index contributed by atoms with van der Waals surface area (Å²) in [6.45, 7) is 3.97. The molecule has 1 unspecified atom stereocenters. The van der Waals surface area contributed by atoms with Crippen LogP contribution in [0.4, 0.5) is 0 Å². The lowest BCUT2D eigenvalue weighted by molar-refractivity contribution is -0.141. The highest BCUT2D eigenvalue weighted by molar-refractivity contribution is 5.86. The number of aliphatic carboxylic acids is 1. The Balaban J connectivity index is 2.01. The van der Waals surface area contributed by atoms with Crippen molar-refractivity contribution in [2.45, 2.75) is 25.7 Å². The maximum absolute atomic E-state index is 11.6. The molecule has 4 nitrogen and oxygen atoms in total. The number of benzene rings is 1. The number of carboxylic acids is 1. The Morgan fingerprint density at radius 3 is 2.47 bits per heavy atom. The molecule has 0 spiro atoms. The van der Waals surface area contributed by atoms with Crippen molar-refractivity contribution in [2.75, 3.05) is 0 Å². The SMILES string of the molecule is CC1(C)CC1(C(=O)O)c1cnn(-c2ccccc2)c1. The first kappa shape index (κ1) is 12.0. The van der Waals surface area contributed by atoms with Gasteiger partial charge in [-0.2, -0.15) is 5.10 Å². The number of hydrogen-bond donors (Lipinski definition) is 1. The van der Waals surface area contributed by atoms with Crippen LogP contribution in [0.2, 0.25) is 0 Å². The first-order valence-electron chi connectivity index (χ1n) is 6.31. The molecular formula is C15H16N2O2. The van der Waals surface area contributed by atoms with Crippen LogP contribution in [0.5, 0.6) is 0 Å². The summed E-state index contributed by atoms with van der Waals surface area (Å²) in [5.74, 6) is -0.759. The van der Waals surface area contributed by atoms with Crippen molar-refractivity contribution in [1.29, 1.82) is 0 Å². The van der Waals surface area contributed by atoms with Gasteiger partial charge in [0.2, 0.25) is 0 Å². The van der Waals surface area contributed by atoms with Crippen molar-refractivity contribution >= 4 is 5.97 Å². The summed E-state index contributed by atoms with van der Waals surface area (Å²) in [5, 5.41) is 13.8. The van der Waals surface area contributed by atoms with Gasteiger partial charge < -0.3 is 5.11 Å². The fourth-order valence-corrected chi connectivity index (χ4v) is 2.87. The van der Waals surface area contributed by atoms with Crippen LogP contribution in [0.15, 0.2) is 42.7 Å². The molecule has 1 saturated carbocycles. The van der Waals surface area contributed by atoms with Crippen LogP contribution >= 0.6 is 0 Å². The largest absolute Gasteiger partial charge is 0.481 e. The van der Waals surface area contributed by atoms with Crippen LogP contribution in [0.25, 0.3) is 5.69 Å². The van der Waals surface area contributed by atoms with Crippen LogP contribution in [0.3, 0.4) is 0 Å². The number of rotatable bonds is 3. The zero-order chi connectivity index (χ0) is 13.7. The Kier molecular flexibility index (Phi) is 2.33. The van der Waals surface area contributed by atoms with Crippen molar-refractivity contribution in [3.8, 4) is 5.69 Å². The van der Waals surface area contributed by atoms with E-state index in [-0.39, 0.29) is 5.41 Å². The van der Waals surface area contributed by atoms with Crippen molar-refractivity contribution in [2.24, 2.45) is 5.41 Å². The summed E-state index contributed by atoms with van der Waals surface area (Å²) in [7, 11) is 0. The third kappa shape index (κ3) is 1.59. The number of carboxylic acid groups (broad SMARTS) is 1. The lowest BCUT2D eigenvalue weighted by atomic mass is 9.90. The van der Waals surface area contributed by atoms with Crippen molar-refractivity contribution in [3.63, 3.8) is 0 Å². The number of aromatic nitrogens is 2. The Bertz CT molecular complexity index is 631. The monoisotopic (exact) mass is 256 g/mol. The van der Waals surface area contributed by atoms with E-state index >= 15 is 0 Å². The van der Waals surface area contributed by atoms with Gasteiger partial charge in [-0.05, 0) is 24.0 Å². The molecule has 1 heterocycles. The van der Waals surface area contributed by atoms with Gasteiger partial charge in [-0.1, -0.05) is 32.0 Å². The Labute approximate surface area is 111 Å². The first-order chi connectivity index (χ1) is 8.97. The van der Waals surface area contributed by atoms with Gasteiger partial charge in [-0.25, -0.2) is 4.68 Å². The molecule has 98 valence electrons. The van der Waals surface area contributed by atoms with E-state index in [1.807, 2.05) is 50.4 Å². The fourth-order valence-electron chi connectivity index (χ4n) is 2.87. The molecule has 3 rings (SSSR count). The molecule has 1 aliphatic carbocycles. The van der Waals surface area contributed by atoms with Gasteiger partial charge in [0.1, 0.15) is 5.41 Å². The second-order valence-electron chi connectivity index (χ2n) is 5.78. The Hall–Kier alpha value is -2.10. The highest BCUT2D eigenvalue weighted by Gasteiger charge is 2.68. The standard InChI is InChI=1S/C15H16N2O2/c1-14(2)10-15(14,13(18)19)11-8-16-17(9-11)12-6-4-3-5-7-12/h3-9H,10H2,1-2H3,(H,18,19). The molecular weight excluding hydrogens is 240 g/mol. The highest BCUT2D eigenvalue weighted by Crippen LogP contribution is 2.64. The van der Waals surface area contributed by atoms with Crippen LogP contribution < -0.4 is 0 Å². The van der Waals surface area contributed by atoms with Crippen LogP contribution in [-0.2, 0) is 10.2 Å². The topological polar surface area (TPSA) is 55.1 Å². The molecule has 1 atom stereocenters. The van der Waals surface area contributed by atoms with E-state index in [2.05, 4.69) is 5.10 Å². The van der Waals surface area contributed by atoms with Gasteiger partial charge in [-0.3, -0.25) is 4.79 Å². The highest BCUT2D eigenvalue weighted by atomic mass is 16.4. The Morgan fingerprint density at radius 1 is 1.32 bits per heavy atom. The number of nitrogens with zero attached hydrogens (tertiary/aromatic N) is 2. The van der Waals surface area contributed by atoms with E-state index in [9.17, 15) is 9.90 Å². The first-order valence-corrected chi connectivity index (χ1v) is 6.31. The van der Waals surface area contributed by atoms with Gasteiger partial charge in [0.05, 0.1) is 11.9 Å². The summed E-state index contributed by atoms with van der Waals surface area (Å²) in [5.41, 5.74) is 0.741. The van der Waals surface area contributed by atoms with Gasteiger partial charge in [0, 0.05) is 11.8 Å². The van der Waals surface area contributed by atoms with Gasteiger partial charge in [0.15, 0.2) is 0 Å². The van der Waals surface area contributed by atoms with Crippen LogP contribution in [0, 0.1) is 5.41 Å². The van der Waals surface area contributed by atoms with Gasteiger partial charge in [-0.15, -0.1) is 0 Å². The molecule has 0 amide bonds. The normalized spacial score (nSPS) is 24.1. The minimum absolute atomic E-state index is 0.205. The number of hydrogen-bond acceptors (Lipinski definition) is 2.